The van der Waals surface area contributed by atoms with Crippen molar-refractivity contribution in [3.63, 3.8) is 0 Å². The number of carbonyl (C=O) groups is 1. The molecule has 0 heterocycles. The monoisotopic (exact) mass is 414 g/mol. The molecule has 0 aliphatic heterocycles. The number of nitrogens with zero attached hydrogens (tertiary/aromatic N) is 1. The second-order valence-corrected chi connectivity index (χ2v) is 9.78. The second kappa shape index (κ2) is 8.57. The van der Waals surface area contributed by atoms with Gasteiger partial charge < -0.3 is 5.32 Å². The van der Waals surface area contributed by atoms with Crippen molar-refractivity contribution < 1.29 is 13.2 Å². The summed E-state index contributed by atoms with van der Waals surface area (Å²) in [5.74, 6) is -0.250. The van der Waals surface area contributed by atoms with Crippen LogP contribution in [0.1, 0.15) is 54.5 Å². The summed E-state index contributed by atoms with van der Waals surface area (Å²) in [5.41, 5.74) is 4.75. The number of hydrogen-bond donors (Lipinski definition) is 1. The summed E-state index contributed by atoms with van der Waals surface area (Å²) < 4.78 is 26.8. The largest absolute Gasteiger partial charge is 0.347 e. The third-order valence-corrected chi connectivity index (χ3v) is 6.78. The van der Waals surface area contributed by atoms with E-state index < -0.39 is 16.1 Å². The predicted octanol–water partition coefficient (Wildman–Crippen LogP) is 4.04. The Morgan fingerprint density at radius 1 is 1.21 bits per heavy atom. The standard InChI is InChI=1S/C23H30N2O3S/c1-5-21(25(29(4,27)28)22-15-16(2)13-14-17(22)3)23(26)24-20-12-8-10-18-9-6-7-11-19(18)20/h6-7,9,11,13-15,20-21H,5,8,10,12H2,1-4H3,(H,24,26)/t20-,21+/m1/s1. The fourth-order valence-corrected chi connectivity index (χ4v) is 5.43. The maximum absolute atomic E-state index is 13.3. The molecule has 0 unspecified atom stereocenters. The lowest BCUT2D eigenvalue weighted by molar-refractivity contribution is -0.123. The molecule has 3 rings (SSSR count). The first kappa shape index (κ1) is 21.4. The van der Waals surface area contributed by atoms with Gasteiger partial charge in [0.05, 0.1) is 18.0 Å². The summed E-state index contributed by atoms with van der Waals surface area (Å²) in [6.45, 7) is 5.64. The van der Waals surface area contributed by atoms with E-state index in [2.05, 4.69) is 17.4 Å². The van der Waals surface area contributed by atoms with E-state index in [1.165, 1.54) is 16.1 Å². The summed E-state index contributed by atoms with van der Waals surface area (Å²) in [5, 5.41) is 3.14. The molecule has 1 N–H and O–H groups in total. The predicted molar refractivity (Wildman–Crippen MR) is 118 cm³/mol. The van der Waals surface area contributed by atoms with Gasteiger partial charge in [0, 0.05) is 0 Å². The second-order valence-electron chi connectivity index (χ2n) is 7.93. The molecule has 29 heavy (non-hydrogen) atoms. The van der Waals surface area contributed by atoms with Gasteiger partial charge in [0.25, 0.3) is 0 Å². The molecular weight excluding hydrogens is 384 g/mol. The highest BCUT2D eigenvalue weighted by Gasteiger charge is 2.34. The van der Waals surface area contributed by atoms with Crippen molar-refractivity contribution in [2.45, 2.75) is 58.5 Å². The summed E-state index contributed by atoms with van der Waals surface area (Å²) in [7, 11) is -3.64. The van der Waals surface area contributed by atoms with E-state index >= 15 is 0 Å². The summed E-state index contributed by atoms with van der Waals surface area (Å²) in [6.07, 6.45) is 4.44. The summed E-state index contributed by atoms with van der Waals surface area (Å²) in [4.78, 5) is 13.3. The zero-order valence-electron chi connectivity index (χ0n) is 17.6. The highest BCUT2D eigenvalue weighted by molar-refractivity contribution is 7.92. The van der Waals surface area contributed by atoms with Gasteiger partial charge in [-0.05, 0) is 67.9 Å². The number of aryl methyl sites for hydroxylation is 3. The molecule has 1 aliphatic rings. The molecule has 156 valence electrons. The number of carbonyl (C=O) groups excluding carboxylic acids is 1. The average Bonchev–Trinajstić information content (AvgIpc) is 2.67. The van der Waals surface area contributed by atoms with Crippen LogP contribution < -0.4 is 9.62 Å². The molecule has 6 heteroatoms. The molecule has 0 saturated carbocycles. The summed E-state index contributed by atoms with van der Waals surface area (Å²) in [6, 6.07) is 13.0. The van der Waals surface area contributed by atoms with Crippen molar-refractivity contribution in [1.82, 2.24) is 5.32 Å². The Morgan fingerprint density at radius 2 is 1.93 bits per heavy atom. The minimum absolute atomic E-state index is 0.0819. The number of rotatable bonds is 6. The molecule has 0 aromatic heterocycles. The summed E-state index contributed by atoms with van der Waals surface area (Å²) >= 11 is 0. The van der Waals surface area contributed by atoms with Crippen LogP contribution >= 0.6 is 0 Å². The number of fused-ring (bicyclic) bond motifs is 1. The van der Waals surface area contributed by atoms with Gasteiger partial charge in [-0.25, -0.2) is 8.42 Å². The average molecular weight is 415 g/mol. The van der Waals surface area contributed by atoms with E-state index in [9.17, 15) is 13.2 Å². The molecule has 0 saturated heterocycles. The molecule has 2 aromatic carbocycles. The molecule has 2 aromatic rings. The first-order valence-electron chi connectivity index (χ1n) is 10.2. The van der Waals surface area contributed by atoms with Gasteiger partial charge in [-0.15, -0.1) is 0 Å². The van der Waals surface area contributed by atoms with Gasteiger partial charge in [-0.1, -0.05) is 43.3 Å². The lowest BCUT2D eigenvalue weighted by Gasteiger charge is -2.34. The Balaban J connectivity index is 1.94. The molecule has 1 amide bonds. The van der Waals surface area contributed by atoms with Gasteiger partial charge in [0.1, 0.15) is 6.04 Å². The minimum Gasteiger partial charge on any atom is -0.347 e. The van der Waals surface area contributed by atoms with E-state index in [0.717, 1.165) is 36.0 Å². The fourth-order valence-electron chi connectivity index (χ4n) is 4.16. The molecule has 5 nitrogen and oxygen atoms in total. The van der Waals surface area contributed by atoms with Crippen molar-refractivity contribution in [1.29, 1.82) is 0 Å². The van der Waals surface area contributed by atoms with E-state index in [0.29, 0.717) is 12.1 Å². The number of anilines is 1. The van der Waals surface area contributed by atoms with Crippen LogP contribution in [0.25, 0.3) is 0 Å². The zero-order valence-corrected chi connectivity index (χ0v) is 18.4. The molecule has 2 atom stereocenters. The van der Waals surface area contributed by atoms with Crippen LogP contribution in [-0.4, -0.2) is 26.6 Å². The van der Waals surface area contributed by atoms with Gasteiger partial charge in [0.15, 0.2) is 0 Å². The maximum Gasteiger partial charge on any atom is 0.244 e. The zero-order chi connectivity index (χ0) is 21.2. The third kappa shape index (κ3) is 4.64. The minimum atomic E-state index is -3.64. The van der Waals surface area contributed by atoms with Gasteiger partial charge in [-0.2, -0.15) is 0 Å². The van der Waals surface area contributed by atoms with Crippen LogP contribution in [-0.2, 0) is 21.2 Å². The fraction of sp³-hybridized carbons (Fsp3) is 0.435. The van der Waals surface area contributed by atoms with Crippen molar-refractivity contribution in [2.24, 2.45) is 0 Å². The van der Waals surface area contributed by atoms with Crippen LogP contribution in [0, 0.1) is 13.8 Å². The van der Waals surface area contributed by atoms with Crippen LogP contribution in [0.4, 0.5) is 5.69 Å². The van der Waals surface area contributed by atoms with Crippen LogP contribution in [0.3, 0.4) is 0 Å². The van der Waals surface area contributed by atoms with E-state index in [1.54, 1.807) is 0 Å². The molecule has 1 aliphatic carbocycles. The van der Waals surface area contributed by atoms with E-state index in [1.807, 2.05) is 51.1 Å². The van der Waals surface area contributed by atoms with Gasteiger partial charge >= 0.3 is 0 Å². The first-order valence-corrected chi connectivity index (χ1v) is 12.0. The highest BCUT2D eigenvalue weighted by atomic mass is 32.2. The number of hydrogen-bond acceptors (Lipinski definition) is 3. The van der Waals surface area contributed by atoms with Crippen LogP contribution in [0.2, 0.25) is 0 Å². The Bertz CT molecular complexity index is 1000. The number of benzene rings is 2. The van der Waals surface area contributed by atoms with Crippen molar-refractivity contribution in [3.05, 3.63) is 64.7 Å². The van der Waals surface area contributed by atoms with Gasteiger partial charge in [0.2, 0.25) is 15.9 Å². The Labute approximate surface area is 174 Å². The topological polar surface area (TPSA) is 66.5 Å². The van der Waals surface area contributed by atoms with Gasteiger partial charge in [-0.3, -0.25) is 9.10 Å². The molecule has 0 bridgehead atoms. The van der Waals surface area contributed by atoms with Crippen LogP contribution in [0.5, 0.6) is 0 Å². The smallest absolute Gasteiger partial charge is 0.244 e. The maximum atomic E-state index is 13.3. The van der Waals surface area contributed by atoms with Crippen molar-refractivity contribution >= 4 is 21.6 Å². The Morgan fingerprint density at radius 3 is 2.62 bits per heavy atom. The first-order chi connectivity index (χ1) is 13.7. The highest BCUT2D eigenvalue weighted by Crippen LogP contribution is 2.31. The normalized spacial score (nSPS) is 17.3. The van der Waals surface area contributed by atoms with Crippen molar-refractivity contribution in [2.75, 3.05) is 10.6 Å². The quantitative estimate of drug-likeness (QED) is 0.776. The molecule has 0 radical (unpaired) electrons. The van der Waals surface area contributed by atoms with E-state index in [-0.39, 0.29) is 11.9 Å². The third-order valence-electron chi connectivity index (χ3n) is 5.62. The van der Waals surface area contributed by atoms with Crippen LogP contribution in [0.15, 0.2) is 42.5 Å². The molecule has 0 fully saturated rings. The lowest BCUT2D eigenvalue weighted by atomic mass is 9.87. The Hall–Kier alpha value is -2.34. The SMILES string of the molecule is CC[C@@H](C(=O)N[C@@H]1CCCc2ccccc21)N(c1cc(C)ccc1C)S(C)(=O)=O. The van der Waals surface area contributed by atoms with E-state index in [4.69, 9.17) is 0 Å². The van der Waals surface area contributed by atoms with Crippen molar-refractivity contribution in [3.8, 4) is 0 Å². The number of sulfonamides is 1. The number of amides is 1. The lowest BCUT2D eigenvalue weighted by Crippen LogP contribution is -2.50. The molecule has 0 spiro atoms. The number of nitrogens with one attached hydrogen (secondary N) is 1. The Kier molecular flexibility index (Phi) is 6.32. The molecular formula is C23H30N2O3S.